The zero-order valence-corrected chi connectivity index (χ0v) is 18.3. The second-order valence-corrected chi connectivity index (χ2v) is 8.78. The number of hydrogen-bond acceptors (Lipinski definition) is 5. The smallest absolute Gasteiger partial charge is 0.157 e. The standard InChI is InChI=1S/C27H24N4O/c1-27(2,3)19-14-12-18(13-15-19)25-16-23(20-8-5-7-11-24(20)32-25)30-31-26-21-9-4-6-10-22(21)28-17-29-26/h4-17H,1-3H3,(H,28,29,31). The Bertz CT molecular complexity index is 1470. The highest BCUT2D eigenvalue weighted by atomic mass is 16.3. The maximum absolute atomic E-state index is 6.22. The van der Waals surface area contributed by atoms with E-state index in [0.29, 0.717) is 5.82 Å². The molecule has 0 saturated carbocycles. The van der Waals surface area contributed by atoms with Gasteiger partial charge in [0.2, 0.25) is 0 Å². The molecule has 2 heterocycles. The Kier molecular flexibility index (Phi) is 4.94. The van der Waals surface area contributed by atoms with E-state index < -0.39 is 0 Å². The molecule has 0 bridgehead atoms. The Balaban J connectivity index is 1.61. The average molecular weight is 421 g/mol. The molecule has 3 aromatic carbocycles. The average Bonchev–Trinajstić information content (AvgIpc) is 2.82. The predicted octanol–water partition coefficient (Wildman–Crippen LogP) is 6.27. The van der Waals surface area contributed by atoms with E-state index in [2.05, 4.69) is 60.4 Å². The highest BCUT2D eigenvalue weighted by Crippen LogP contribution is 2.27. The number of benzene rings is 3. The third-order valence-electron chi connectivity index (χ3n) is 5.51. The molecule has 0 unspecified atom stereocenters. The van der Waals surface area contributed by atoms with Gasteiger partial charge in [0.05, 0.1) is 10.9 Å². The van der Waals surface area contributed by atoms with Crippen molar-refractivity contribution in [3.05, 3.63) is 96.1 Å². The second kappa shape index (κ2) is 7.93. The Hall–Kier alpha value is -3.99. The topological polar surface area (TPSA) is 63.3 Å². The molecule has 5 heteroatoms. The molecule has 0 spiro atoms. The van der Waals surface area contributed by atoms with Crippen LogP contribution in [-0.2, 0) is 5.41 Å². The lowest BCUT2D eigenvalue weighted by Crippen LogP contribution is -2.10. The van der Waals surface area contributed by atoms with Gasteiger partial charge in [0.1, 0.15) is 17.7 Å². The first-order valence-electron chi connectivity index (χ1n) is 10.6. The molecule has 0 saturated heterocycles. The van der Waals surface area contributed by atoms with Crippen LogP contribution in [0.5, 0.6) is 0 Å². The van der Waals surface area contributed by atoms with Gasteiger partial charge in [-0.05, 0) is 35.2 Å². The van der Waals surface area contributed by atoms with E-state index in [1.165, 1.54) is 5.56 Å². The first-order chi connectivity index (χ1) is 15.5. The van der Waals surface area contributed by atoms with Gasteiger partial charge in [-0.15, -0.1) is 0 Å². The van der Waals surface area contributed by atoms with Crippen LogP contribution in [-0.4, -0.2) is 9.97 Å². The maximum atomic E-state index is 6.22. The van der Waals surface area contributed by atoms with Crippen molar-refractivity contribution in [1.82, 2.24) is 9.97 Å². The molecule has 0 aliphatic rings. The summed E-state index contributed by atoms with van der Waals surface area (Å²) in [4.78, 5) is 8.69. The molecular weight excluding hydrogens is 396 g/mol. The molecular formula is C27H24N4O. The van der Waals surface area contributed by atoms with Gasteiger partial charge >= 0.3 is 0 Å². The molecule has 5 aromatic rings. The molecule has 158 valence electrons. The highest BCUT2D eigenvalue weighted by molar-refractivity contribution is 5.88. The second-order valence-electron chi connectivity index (χ2n) is 8.78. The number of hydrogen-bond donors (Lipinski definition) is 1. The zero-order chi connectivity index (χ0) is 22.1. The Morgan fingerprint density at radius 2 is 1.53 bits per heavy atom. The molecule has 5 rings (SSSR count). The normalized spacial score (nSPS) is 12.4. The van der Waals surface area contributed by atoms with Crippen LogP contribution in [0.2, 0.25) is 0 Å². The number of fused-ring (bicyclic) bond motifs is 2. The maximum Gasteiger partial charge on any atom is 0.157 e. The number of anilines is 1. The summed E-state index contributed by atoms with van der Waals surface area (Å²) >= 11 is 0. The van der Waals surface area contributed by atoms with Crippen LogP contribution < -0.4 is 10.8 Å². The highest BCUT2D eigenvalue weighted by Gasteiger charge is 2.14. The van der Waals surface area contributed by atoms with E-state index in [9.17, 15) is 0 Å². The fraction of sp³-hybridized carbons (Fsp3) is 0.148. The molecule has 0 amide bonds. The summed E-state index contributed by atoms with van der Waals surface area (Å²) in [6.07, 6.45) is 1.54. The molecule has 32 heavy (non-hydrogen) atoms. The number of para-hydroxylation sites is 2. The van der Waals surface area contributed by atoms with Gasteiger partial charge in [-0.2, -0.15) is 5.10 Å². The monoisotopic (exact) mass is 420 g/mol. The van der Waals surface area contributed by atoms with E-state index in [1.807, 2.05) is 54.6 Å². The minimum Gasteiger partial charge on any atom is -0.456 e. The van der Waals surface area contributed by atoms with Crippen LogP contribution in [0.4, 0.5) is 5.82 Å². The van der Waals surface area contributed by atoms with Crippen LogP contribution in [0.15, 0.2) is 94.7 Å². The van der Waals surface area contributed by atoms with Crippen LogP contribution in [0.3, 0.4) is 0 Å². The van der Waals surface area contributed by atoms with Crippen molar-refractivity contribution in [2.75, 3.05) is 5.43 Å². The number of nitrogens with zero attached hydrogens (tertiary/aromatic N) is 3. The van der Waals surface area contributed by atoms with Crippen LogP contribution >= 0.6 is 0 Å². The quantitative estimate of drug-likeness (QED) is 0.350. The van der Waals surface area contributed by atoms with E-state index in [1.54, 1.807) is 6.33 Å². The van der Waals surface area contributed by atoms with Gasteiger partial charge in [0.25, 0.3) is 0 Å². The summed E-state index contributed by atoms with van der Waals surface area (Å²) in [5.41, 5.74) is 7.17. The lowest BCUT2D eigenvalue weighted by Gasteiger charge is -2.19. The van der Waals surface area contributed by atoms with Crippen molar-refractivity contribution < 1.29 is 4.42 Å². The third kappa shape index (κ3) is 3.85. The van der Waals surface area contributed by atoms with Gasteiger partial charge < -0.3 is 4.42 Å². The summed E-state index contributed by atoms with van der Waals surface area (Å²) in [5, 5.41) is 7.32. The third-order valence-corrected chi connectivity index (χ3v) is 5.51. The fourth-order valence-corrected chi connectivity index (χ4v) is 3.69. The fourth-order valence-electron chi connectivity index (χ4n) is 3.69. The molecule has 1 N–H and O–H groups in total. The largest absolute Gasteiger partial charge is 0.456 e. The van der Waals surface area contributed by atoms with Crippen molar-refractivity contribution >= 4 is 27.7 Å². The molecule has 0 fully saturated rings. The molecule has 0 radical (unpaired) electrons. The van der Waals surface area contributed by atoms with E-state index in [4.69, 9.17) is 9.52 Å². The molecule has 2 aromatic heterocycles. The molecule has 0 aliphatic carbocycles. The van der Waals surface area contributed by atoms with E-state index >= 15 is 0 Å². The summed E-state index contributed by atoms with van der Waals surface area (Å²) in [7, 11) is 0. The summed E-state index contributed by atoms with van der Waals surface area (Å²) in [6.45, 7) is 6.63. The number of aromatic nitrogens is 2. The van der Waals surface area contributed by atoms with Gasteiger partial charge in [0.15, 0.2) is 5.82 Å². The van der Waals surface area contributed by atoms with Gasteiger partial charge in [-0.3, -0.25) is 5.43 Å². The van der Waals surface area contributed by atoms with Crippen LogP contribution in [0.25, 0.3) is 33.2 Å². The molecule has 5 nitrogen and oxygen atoms in total. The van der Waals surface area contributed by atoms with E-state index in [-0.39, 0.29) is 5.41 Å². The summed E-state index contributed by atoms with van der Waals surface area (Å²) in [6, 6.07) is 26.2. The zero-order valence-electron chi connectivity index (χ0n) is 18.3. The first-order valence-corrected chi connectivity index (χ1v) is 10.6. The van der Waals surface area contributed by atoms with Crippen molar-refractivity contribution in [2.45, 2.75) is 26.2 Å². The lowest BCUT2D eigenvalue weighted by molar-refractivity contribution is 0.589. The number of rotatable bonds is 3. The Morgan fingerprint density at radius 1 is 0.812 bits per heavy atom. The van der Waals surface area contributed by atoms with Gasteiger partial charge in [-0.25, -0.2) is 9.97 Å². The first kappa shape index (κ1) is 19.9. The van der Waals surface area contributed by atoms with Crippen LogP contribution in [0, 0.1) is 0 Å². The van der Waals surface area contributed by atoms with Crippen molar-refractivity contribution in [2.24, 2.45) is 5.10 Å². The minimum absolute atomic E-state index is 0.101. The van der Waals surface area contributed by atoms with Crippen LogP contribution in [0.1, 0.15) is 26.3 Å². The Morgan fingerprint density at radius 3 is 2.31 bits per heavy atom. The van der Waals surface area contributed by atoms with Crippen molar-refractivity contribution in [1.29, 1.82) is 0 Å². The minimum atomic E-state index is 0.101. The number of nitrogens with one attached hydrogen (secondary N) is 1. The van der Waals surface area contributed by atoms with E-state index in [0.717, 1.165) is 38.6 Å². The lowest BCUT2D eigenvalue weighted by atomic mass is 9.86. The molecule has 0 atom stereocenters. The summed E-state index contributed by atoms with van der Waals surface area (Å²) in [5.74, 6) is 1.42. The van der Waals surface area contributed by atoms with Gasteiger partial charge in [-0.1, -0.05) is 69.3 Å². The summed E-state index contributed by atoms with van der Waals surface area (Å²) < 4.78 is 6.22. The van der Waals surface area contributed by atoms with Crippen molar-refractivity contribution in [3.8, 4) is 11.3 Å². The van der Waals surface area contributed by atoms with Gasteiger partial charge in [0, 0.05) is 22.4 Å². The predicted molar refractivity (Wildman–Crippen MR) is 129 cm³/mol. The van der Waals surface area contributed by atoms with Crippen molar-refractivity contribution in [3.63, 3.8) is 0 Å². The Labute approximate surface area is 186 Å². The molecule has 0 aliphatic heterocycles. The SMILES string of the molecule is CC(C)(C)c1ccc(-c2cc(=NNc3ncnc4ccccc34)c3ccccc3o2)cc1.